The molecule has 5 nitrogen and oxygen atoms in total. The van der Waals surface area contributed by atoms with Gasteiger partial charge in [0, 0.05) is 12.7 Å². The highest BCUT2D eigenvalue weighted by Gasteiger charge is 2.17. The molecule has 0 spiro atoms. The van der Waals surface area contributed by atoms with Crippen LogP contribution in [0.15, 0.2) is 12.4 Å². The summed E-state index contributed by atoms with van der Waals surface area (Å²) in [5.74, 6) is 0.0620. The molecule has 0 radical (unpaired) electrons. The monoisotopic (exact) mass is 267 g/mol. The first-order valence-electron chi connectivity index (χ1n) is 6.73. The predicted molar refractivity (Wildman–Crippen MR) is 75.0 cm³/mol. The number of hydrogen-bond acceptors (Lipinski definition) is 3. The van der Waals surface area contributed by atoms with Gasteiger partial charge in [-0.3, -0.25) is 9.48 Å². The van der Waals surface area contributed by atoms with E-state index in [4.69, 9.17) is 0 Å². The predicted octanol–water partition coefficient (Wildman–Crippen LogP) is 1.77. The fraction of sp³-hybridized carbons (Fsp3) is 0.714. The highest BCUT2D eigenvalue weighted by atomic mass is 16.3. The Balaban J connectivity index is 2.48. The maximum atomic E-state index is 11.9. The third-order valence-corrected chi connectivity index (χ3v) is 3.03. The number of hydrogen-bond donors (Lipinski definition) is 2. The Morgan fingerprint density at radius 3 is 2.58 bits per heavy atom. The molecule has 0 aromatic carbocycles. The van der Waals surface area contributed by atoms with E-state index in [0.717, 1.165) is 0 Å². The number of nitrogens with one attached hydrogen (secondary N) is 1. The van der Waals surface area contributed by atoms with Crippen molar-refractivity contribution in [1.29, 1.82) is 0 Å². The van der Waals surface area contributed by atoms with E-state index in [1.807, 2.05) is 34.6 Å². The lowest BCUT2D eigenvalue weighted by Crippen LogP contribution is -2.28. The second-order valence-electron chi connectivity index (χ2n) is 6.20. The fourth-order valence-corrected chi connectivity index (χ4v) is 1.58. The van der Waals surface area contributed by atoms with Crippen molar-refractivity contribution in [2.45, 2.75) is 52.7 Å². The Kier molecular flexibility index (Phi) is 5.11. The van der Waals surface area contributed by atoms with Crippen molar-refractivity contribution in [3.05, 3.63) is 18.0 Å². The van der Waals surface area contributed by atoms with E-state index in [9.17, 15) is 9.90 Å². The van der Waals surface area contributed by atoms with Crippen LogP contribution in [0.4, 0.5) is 0 Å². The summed E-state index contributed by atoms with van der Waals surface area (Å²) in [5, 5.41) is 16.6. The molecule has 0 bridgehead atoms. The minimum absolute atomic E-state index is 0.133. The van der Waals surface area contributed by atoms with Crippen LogP contribution in [0, 0.1) is 5.92 Å². The zero-order valence-electron chi connectivity index (χ0n) is 12.5. The number of amides is 1. The molecule has 0 aliphatic rings. The molecule has 0 aliphatic carbocycles. The van der Waals surface area contributed by atoms with Crippen LogP contribution >= 0.6 is 0 Å². The van der Waals surface area contributed by atoms with E-state index in [0.29, 0.717) is 18.5 Å². The molecule has 5 heteroatoms. The molecule has 2 N–H and O–H groups in total. The highest BCUT2D eigenvalue weighted by Crippen LogP contribution is 2.13. The van der Waals surface area contributed by atoms with Gasteiger partial charge in [-0.15, -0.1) is 0 Å². The highest BCUT2D eigenvalue weighted by molar-refractivity contribution is 5.93. The lowest BCUT2D eigenvalue weighted by Gasteiger charge is -2.18. The quantitative estimate of drug-likeness (QED) is 0.854. The average Bonchev–Trinajstić information content (AvgIpc) is 2.77. The van der Waals surface area contributed by atoms with Gasteiger partial charge >= 0.3 is 0 Å². The number of aromatic nitrogens is 2. The first kappa shape index (κ1) is 15.7. The van der Waals surface area contributed by atoms with Crippen molar-refractivity contribution < 1.29 is 9.90 Å². The fourth-order valence-electron chi connectivity index (χ4n) is 1.58. The second kappa shape index (κ2) is 6.19. The maximum absolute atomic E-state index is 11.9. The third kappa shape index (κ3) is 4.67. The van der Waals surface area contributed by atoms with Gasteiger partial charge in [0.05, 0.1) is 23.4 Å². The molecule has 19 heavy (non-hydrogen) atoms. The minimum atomic E-state index is -0.377. The Labute approximate surface area is 115 Å². The molecule has 0 saturated carbocycles. The van der Waals surface area contributed by atoms with Crippen LogP contribution in [0.1, 0.15) is 51.4 Å². The molecule has 1 rings (SSSR count). The molecule has 1 aromatic rings. The summed E-state index contributed by atoms with van der Waals surface area (Å²) < 4.78 is 1.77. The summed E-state index contributed by atoms with van der Waals surface area (Å²) in [7, 11) is 0. The molecule has 0 saturated heterocycles. The molecule has 1 aromatic heterocycles. The van der Waals surface area contributed by atoms with Crippen molar-refractivity contribution in [3.63, 3.8) is 0 Å². The summed E-state index contributed by atoms with van der Waals surface area (Å²) in [6.07, 6.45) is 3.50. The van der Waals surface area contributed by atoms with E-state index in [2.05, 4.69) is 10.4 Å². The van der Waals surface area contributed by atoms with Gasteiger partial charge in [-0.25, -0.2) is 0 Å². The largest absolute Gasteiger partial charge is 0.393 e. The lowest BCUT2D eigenvalue weighted by molar-refractivity contribution is 0.0920. The third-order valence-electron chi connectivity index (χ3n) is 3.03. The van der Waals surface area contributed by atoms with Gasteiger partial charge in [0.15, 0.2) is 0 Å². The van der Waals surface area contributed by atoms with Crippen LogP contribution in [0.25, 0.3) is 0 Å². The smallest absolute Gasteiger partial charge is 0.254 e. The number of aliphatic hydroxyl groups is 1. The summed E-state index contributed by atoms with van der Waals surface area (Å²) in [6, 6.07) is 0. The number of aliphatic hydroxyl groups excluding tert-OH is 1. The van der Waals surface area contributed by atoms with Crippen molar-refractivity contribution in [1.82, 2.24) is 15.1 Å². The summed E-state index contributed by atoms with van der Waals surface area (Å²) in [5.41, 5.74) is 0.417. The van der Waals surface area contributed by atoms with Crippen LogP contribution in [-0.2, 0) is 5.54 Å². The molecule has 1 heterocycles. The first-order valence-corrected chi connectivity index (χ1v) is 6.73. The topological polar surface area (TPSA) is 67.2 Å². The second-order valence-corrected chi connectivity index (χ2v) is 6.20. The number of carbonyl (C=O) groups is 1. The van der Waals surface area contributed by atoms with Gasteiger partial charge in [-0.05, 0) is 33.1 Å². The molecule has 0 fully saturated rings. The molecule has 1 unspecified atom stereocenters. The zero-order valence-corrected chi connectivity index (χ0v) is 12.5. The Bertz CT molecular complexity index is 419. The molecular formula is C14H25N3O2. The van der Waals surface area contributed by atoms with Gasteiger partial charge in [-0.2, -0.15) is 5.10 Å². The summed E-state index contributed by atoms with van der Waals surface area (Å²) in [4.78, 5) is 11.9. The van der Waals surface area contributed by atoms with Crippen LogP contribution in [0.2, 0.25) is 0 Å². The van der Waals surface area contributed by atoms with E-state index >= 15 is 0 Å². The van der Waals surface area contributed by atoms with Gasteiger partial charge in [0.2, 0.25) is 0 Å². The first-order chi connectivity index (χ1) is 8.71. The molecule has 1 amide bonds. The number of carbonyl (C=O) groups excluding carboxylic acids is 1. The van der Waals surface area contributed by atoms with E-state index in [-0.39, 0.29) is 23.5 Å². The van der Waals surface area contributed by atoms with Gasteiger partial charge in [0.25, 0.3) is 5.91 Å². The van der Waals surface area contributed by atoms with Crippen molar-refractivity contribution >= 4 is 5.91 Å². The van der Waals surface area contributed by atoms with Gasteiger partial charge < -0.3 is 10.4 Å². The summed E-state index contributed by atoms with van der Waals surface area (Å²) >= 11 is 0. The molecule has 1 atom stereocenters. The van der Waals surface area contributed by atoms with Crippen LogP contribution in [0.5, 0.6) is 0 Å². The van der Waals surface area contributed by atoms with Crippen LogP contribution in [0.3, 0.4) is 0 Å². The Morgan fingerprint density at radius 1 is 1.47 bits per heavy atom. The zero-order chi connectivity index (χ0) is 14.6. The van der Waals surface area contributed by atoms with Crippen molar-refractivity contribution in [2.75, 3.05) is 6.54 Å². The van der Waals surface area contributed by atoms with E-state index in [1.165, 1.54) is 0 Å². The van der Waals surface area contributed by atoms with Crippen LogP contribution in [-0.4, -0.2) is 33.4 Å². The van der Waals surface area contributed by atoms with Gasteiger partial charge in [0.1, 0.15) is 0 Å². The van der Waals surface area contributed by atoms with Crippen molar-refractivity contribution in [3.8, 4) is 0 Å². The van der Waals surface area contributed by atoms with E-state index in [1.54, 1.807) is 17.1 Å². The Hall–Kier alpha value is -1.36. The van der Waals surface area contributed by atoms with Crippen molar-refractivity contribution in [2.24, 2.45) is 5.92 Å². The lowest BCUT2D eigenvalue weighted by atomic mass is 10.0. The molecule has 0 aliphatic heterocycles. The summed E-state index contributed by atoms with van der Waals surface area (Å²) in [6.45, 7) is 10.5. The molecular weight excluding hydrogens is 242 g/mol. The normalized spacial score (nSPS) is 13.6. The maximum Gasteiger partial charge on any atom is 0.254 e. The standard InChI is InChI=1S/C14H25N3O2/c1-10(2)12(18)6-7-15-13(19)11-8-16-17(9-11)14(3,4)5/h8-10,12,18H,6-7H2,1-5H3,(H,15,19). The van der Waals surface area contributed by atoms with Gasteiger partial charge in [-0.1, -0.05) is 13.8 Å². The Morgan fingerprint density at radius 2 is 2.11 bits per heavy atom. The van der Waals surface area contributed by atoms with E-state index < -0.39 is 0 Å². The number of rotatable bonds is 5. The average molecular weight is 267 g/mol. The van der Waals surface area contributed by atoms with Crippen LogP contribution < -0.4 is 5.32 Å². The molecule has 108 valence electrons. The number of nitrogens with zero attached hydrogens (tertiary/aromatic N) is 2. The SMILES string of the molecule is CC(C)C(O)CCNC(=O)c1cnn(C(C)(C)C)c1. The minimum Gasteiger partial charge on any atom is -0.393 e.